The molecule has 0 aliphatic carbocycles. The molecule has 1 heterocycles. The highest BCUT2D eigenvalue weighted by atomic mass is 32.2. The van der Waals surface area contributed by atoms with Crippen LogP contribution in [0.15, 0.2) is 0 Å². The Kier molecular flexibility index (Phi) is 6.47. The average Bonchev–Trinajstić information content (AvgIpc) is 2.86. The number of amides is 2. The van der Waals surface area contributed by atoms with Crippen molar-refractivity contribution in [2.24, 2.45) is 5.41 Å². The first-order valence-electron chi connectivity index (χ1n) is 7.31. The summed E-state index contributed by atoms with van der Waals surface area (Å²) in [5.74, 6) is 1.69. The van der Waals surface area contributed by atoms with Gasteiger partial charge in [-0.05, 0) is 36.9 Å². The minimum Gasteiger partial charge on any atom is -0.387 e. The summed E-state index contributed by atoms with van der Waals surface area (Å²) >= 11 is 1.74. The maximum Gasteiger partial charge on any atom is 0.314 e. The number of urea groups is 1. The molecule has 1 fully saturated rings. The molecule has 0 spiro atoms. The highest BCUT2D eigenvalue weighted by Gasteiger charge is 2.32. The van der Waals surface area contributed by atoms with Crippen LogP contribution in [-0.2, 0) is 0 Å². The van der Waals surface area contributed by atoms with Gasteiger partial charge in [-0.2, -0.15) is 11.8 Å². The zero-order valence-electron chi connectivity index (χ0n) is 12.4. The van der Waals surface area contributed by atoms with Gasteiger partial charge in [0.15, 0.2) is 0 Å². The molecular formula is C14H28N2O2S. The van der Waals surface area contributed by atoms with Crippen molar-refractivity contribution in [2.75, 3.05) is 24.6 Å². The fourth-order valence-electron chi connectivity index (χ4n) is 2.44. The summed E-state index contributed by atoms with van der Waals surface area (Å²) in [6.07, 6.45) is 3.98. The maximum atomic E-state index is 11.8. The number of carbonyl (C=O) groups excluding carboxylic acids is 1. The summed E-state index contributed by atoms with van der Waals surface area (Å²) in [6, 6.07) is -0.162. The predicted molar refractivity (Wildman–Crippen MR) is 81.6 cm³/mol. The lowest BCUT2D eigenvalue weighted by Gasteiger charge is -2.31. The van der Waals surface area contributed by atoms with E-state index in [-0.39, 0.29) is 11.4 Å². The Bertz CT molecular complexity index is 279. The number of nitrogens with one attached hydrogen (secondary N) is 2. The quantitative estimate of drug-likeness (QED) is 0.674. The number of carbonyl (C=O) groups is 1. The van der Waals surface area contributed by atoms with Crippen molar-refractivity contribution < 1.29 is 9.90 Å². The zero-order valence-corrected chi connectivity index (χ0v) is 13.2. The van der Waals surface area contributed by atoms with Gasteiger partial charge in [-0.15, -0.1) is 0 Å². The fourth-order valence-corrected chi connectivity index (χ4v) is 3.73. The summed E-state index contributed by atoms with van der Waals surface area (Å²) in [4.78, 5) is 11.8. The third-order valence-corrected chi connectivity index (χ3v) is 5.77. The van der Waals surface area contributed by atoms with Crippen molar-refractivity contribution in [3.05, 3.63) is 0 Å². The molecule has 3 N–H and O–H groups in total. The molecule has 112 valence electrons. The van der Waals surface area contributed by atoms with E-state index in [0.717, 1.165) is 37.2 Å². The largest absolute Gasteiger partial charge is 0.387 e. The highest BCUT2D eigenvalue weighted by molar-refractivity contribution is 7.99. The molecule has 0 aromatic rings. The number of hydrogen-bond acceptors (Lipinski definition) is 3. The molecule has 1 saturated heterocycles. The van der Waals surface area contributed by atoms with E-state index in [1.165, 1.54) is 0 Å². The summed E-state index contributed by atoms with van der Waals surface area (Å²) < 4.78 is 0. The van der Waals surface area contributed by atoms with E-state index in [0.29, 0.717) is 13.1 Å². The van der Waals surface area contributed by atoms with E-state index >= 15 is 0 Å². The van der Waals surface area contributed by atoms with E-state index < -0.39 is 5.60 Å². The van der Waals surface area contributed by atoms with Crippen LogP contribution in [0.3, 0.4) is 0 Å². The molecular weight excluding hydrogens is 260 g/mol. The maximum absolute atomic E-state index is 11.8. The standard InChI is InChI=1S/C14H28N2O2S/c1-4-13(5-2,6-3)9-15-12(17)16-10-14(18)7-8-19-11-14/h18H,4-11H2,1-3H3,(H2,15,16,17). The minimum atomic E-state index is -0.709. The molecule has 5 heteroatoms. The first kappa shape index (κ1) is 16.6. The van der Waals surface area contributed by atoms with Gasteiger partial charge in [0.2, 0.25) is 0 Å². The Morgan fingerprint density at radius 2 is 1.89 bits per heavy atom. The van der Waals surface area contributed by atoms with Crippen LogP contribution < -0.4 is 10.6 Å². The number of thioether (sulfide) groups is 1. The van der Waals surface area contributed by atoms with Crippen LogP contribution in [0.4, 0.5) is 4.79 Å². The van der Waals surface area contributed by atoms with Gasteiger partial charge in [0, 0.05) is 18.8 Å². The first-order chi connectivity index (χ1) is 8.99. The van der Waals surface area contributed by atoms with Gasteiger partial charge in [0.25, 0.3) is 0 Å². The second-order valence-corrected chi connectivity index (χ2v) is 6.73. The minimum absolute atomic E-state index is 0.162. The highest BCUT2D eigenvalue weighted by Crippen LogP contribution is 2.29. The van der Waals surface area contributed by atoms with Crippen LogP contribution in [0.5, 0.6) is 0 Å². The van der Waals surface area contributed by atoms with E-state index in [1.54, 1.807) is 11.8 Å². The van der Waals surface area contributed by atoms with Gasteiger partial charge in [-0.3, -0.25) is 0 Å². The Morgan fingerprint density at radius 3 is 2.37 bits per heavy atom. The predicted octanol–water partition coefficient (Wildman–Crippen LogP) is 2.37. The fraction of sp³-hybridized carbons (Fsp3) is 0.929. The monoisotopic (exact) mass is 288 g/mol. The second kappa shape index (κ2) is 7.39. The number of aliphatic hydroxyl groups is 1. The molecule has 1 rings (SSSR count). The molecule has 1 unspecified atom stereocenters. The molecule has 1 aliphatic heterocycles. The zero-order chi connectivity index (χ0) is 14.4. The Morgan fingerprint density at radius 1 is 1.26 bits per heavy atom. The molecule has 1 atom stereocenters. The molecule has 4 nitrogen and oxygen atoms in total. The van der Waals surface area contributed by atoms with Gasteiger partial charge >= 0.3 is 6.03 Å². The molecule has 0 aromatic heterocycles. The lowest BCUT2D eigenvalue weighted by molar-refractivity contribution is 0.0698. The molecule has 0 saturated carbocycles. The SMILES string of the molecule is CCC(CC)(CC)CNC(=O)NCC1(O)CCSC1. The average molecular weight is 288 g/mol. The van der Waals surface area contributed by atoms with Crippen LogP contribution in [0.2, 0.25) is 0 Å². The van der Waals surface area contributed by atoms with Gasteiger partial charge < -0.3 is 15.7 Å². The van der Waals surface area contributed by atoms with Crippen LogP contribution in [0, 0.1) is 5.41 Å². The summed E-state index contributed by atoms with van der Waals surface area (Å²) in [5.41, 5.74) is -0.503. The molecule has 0 bridgehead atoms. The van der Waals surface area contributed by atoms with Crippen molar-refractivity contribution in [3.63, 3.8) is 0 Å². The summed E-state index contributed by atoms with van der Waals surface area (Å²) in [6.45, 7) is 7.57. The third-order valence-electron chi connectivity index (χ3n) is 4.53. The topological polar surface area (TPSA) is 61.4 Å². The molecule has 19 heavy (non-hydrogen) atoms. The van der Waals surface area contributed by atoms with E-state index in [4.69, 9.17) is 0 Å². The van der Waals surface area contributed by atoms with Gasteiger partial charge in [0.1, 0.15) is 0 Å². The molecule has 0 radical (unpaired) electrons. The number of hydrogen-bond donors (Lipinski definition) is 3. The Balaban J connectivity index is 2.31. The van der Waals surface area contributed by atoms with E-state index in [1.807, 2.05) is 0 Å². The van der Waals surface area contributed by atoms with Gasteiger partial charge in [0.05, 0.1) is 5.60 Å². The lowest BCUT2D eigenvalue weighted by Crippen LogP contribution is -2.48. The molecule has 0 aromatic carbocycles. The van der Waals surface area contributed by atoms with E-state index in [2.05, 4.69) is 31.4 Å². The number of rotatable bonds is 7. The molecule has 1 aliphatic rings. The van der Waals surface area contributed by atoms with Crippen LogP contribution in [0.25, 0.3) is 0 Å². The summed E-state index contributed by atoms with van der Waals surface area (Å²) in [7, 11) is 0. The van der Waals surface area contributed by atoms with Crippen LogP contribution in [0.1, 0.15) is 46.5 Å². The van der Waals surface area contributed by atoms with E-state index in [9.17, 15) is 9.90 Å². The van der Waals surface area contributed by atoms with Crippen molar-refractivity contribution in [3.8, 4) is 0 Å². The lowest BCUT2D eigenvalue weighted by atomic mass is 9.80. The van der Waals surface area contributed by atoms with Crippen LogP contribution in [-0.4, -0.2) is 41.3 Å². The Hall–Kier alpha value is -0.420. The van der Waals surface area contributed by atoms with Crippen molar-refractivity contribution in [2.45, 2.75) is 52.1 Å². The van der Waals surface area contributed by atoms with Gasteiger partial charge in [-0.1, -0.05) is 20.8 Å². The smallest absolute Gasteiger partial charge is 0.314 e. The van der Waals surface area contributed by atoms with Crippen LogP contribution >= 0.6 is 11.8 Å². The van der Waals surface area contributed by atoms with Crippen molar-refractivity contribution in [1.29, 1.82) is 0 Å². The summed E-state index contributed by atoms with van der Waals surface area (Å²) in [5, 5.41) is 15.9. The Labute approximate surface area is 121 Å². The second-order valence-electron chi connectivity index (χ2n) is 5.62. The van der Waals surface area contributed by atoms with Crippen molar-refractivity contribution >= 4 is 17.8 Å². The normalized spacial score (nSPS) is 23.4. The molecule has 2 amide bonds. The third kappa shape index (κ3) is 4.88. The van der Waals surface area contributed by atoms with Gasteiger partial charge in [-0.25, -0.2) is 4.79 Å². The van der Waals surface area contributed by atoms with Crippen molar-refractivity contribution in [1.82, 2.24) is 10.6 Å². The first-order valence-corrected chi connectivity index (χ1v) is 8.46.